The Balaban J connectivity index is 1.99. The number of carboxylic acids is 1. The second-order valence-electron chi connectivity index (χ2n) is 4.73. The van der Waals surface area contributed by atoms with Crippen molar-refractivity contribution < 1.29 is 14.7 Å². The molecule has 0 fully saturated rings. The van der Waals surface area contributed by atoms with Crippen molar-refractivity contribution in [3.05, 3.63) is 34.9 Å². The molecule has 0 aromatic carbocycles. The van der Waals surface area contributed by atoms with Crippen LogP contribution in [0.5, 0.6) is 0 Å². The molecule has 0 spiro atoms. The van der Waals surface area contributed by atoms with Crippen LogP contribution >= 0.6 is 0 Å². The number of carbonyl (C=O) groups excluding carboxylic acids is 1. The molecule has 21 heavy (non-hydrogen) atoms. The van der Waals surface area contributed by atoms with Crippen molar-refractivity contribution in [2.75, 3.05) is 5.32 Å². The molecule has 2 rings (SSSR count). The standard InChI is InChI=1S/C13H17N5O3/c1-7-4-10(11(16-7)12(19)20)17-13(21)14-5-9-6-15-18(3)8(9)2/h4,6,16H,5H2,1-3H3,(H,19,20)(H2,14,17,21). The van der Waals surface area contributed by atoms with E-state index in [0.29, 0.717) is 12.2 Å². The summed E-state index contributed by atoms with van der Waals surface area (Å²) in [5.41, 5.74) is 2.71. The molecule has 2 aromatic rings. The monoisotopic (exact) mass is 291 g/mol. The predicted molar refractivity (Wildman–Crippen MR) is 76.3 cm³/mol. The molecule has 0 aliphatic rings. The van der Waals surface area contributed by atoms with Gasteiger partial charge in [0.2, 0.25) is 0 Å². The van der Waals surface area contributed by atoms with Gasteiger partial charge in [0.15, 0.2) is 0 Å². The van der Waals surface area contributed by atoms with E-state index in [9.17, 15) is 9.59 Å². The fourth-order valence-corrected chi connectivity index (χ4v) is 1.92. The normalized spacial score (nSPS) is 10.4. The van der Waals surface area contributed by atoms with Crippen LogP contribution in [-0.4, -0.2) is 31.9 Å². The minimum atomic E-state index is -1.12. The number of amides is 2. The molecule has 112 valence electrons. The van der Waals surface area contributed by atoms with Gasteiger partial charge in [-0.1, -0.05) is 0 Å². The first-order valence-electron chi connectivity index (χ1n) is 6.33. The third-order valence-corrected chi connectivity index (χ3v) is 3.19. The Bertz CT molecular complexity index is 686. The van der Waals surface area contributed by atoms with Crippen LogP contribution in [0.1, 0.15) is 27.4 Å². The van der Waals surface area contributed by atoms with Crippen LogP contribution in [0.4, 0.5) is 10.5 Å². The number of nitrogens with zero attached hydrogens (tertiary/aromatic N) is 2. The van der Waals surface area contributed by atoms with Crippen molar-refractivity contribution in [2.24, 2.45) is 7.05 Å². The molecule has 2 heterocycles. The van der Waals surface area contributed by atoms with Gasteiger partial charge in [-0.25, -0.2) is 9.59 Å². The third kappa shape index (κ3) is 3.22. The van der Waals surface area contributed by atoms with E-state index in [1.807, 2.05) is 14.0 Å². The Morgan fingerprint density at radius 1 is 1.43 bits per heavy atom. The molecule has 4 N–H and O–H groups in total. The lowest BCUT2D eigenvalue weighted by Crippen LogP contribution is -2.28. The first-order chi connectivity index (χ1) is 9.88. The van der Waals surface area contributed by atoms with Gasteiger partial charge in [0, 0.05) is 30.5 Å². The minimum Gasteiger partial charge on any atom is -0.477 e. The second-order valence-corrected chi connectivity index (χ2v) is 4.73. The summed E-state index contributed by atoms with van der Waals surface area (Å²) >= 11 is 0. The smallest absolute Gasteiger partial charge is 0.354 e. The molecule has 0 atom stereocenters. The summed E-state index contributed by atoms with van der Waals surface area (Å²) in [6.07, 6.45) is 1.68. The van der Waals surface area contributed by atoms with Crippen LogP contribution in [0.25, 0.3) is 0 Å². The quantitative estimate of drug-likeness (QED) is 0.681. The number of nitrogens with one attached hydrogen (secondary N) is 3. The molecule has 2 aromatic heterocycles. The van der Waals surface area contributed by atoms with Gasteiger partial charge in [0.05, 0.1) is 11.9 Å². The van der Waals surface area contributed by atoms with Crippen molar-refractivity contribution in [1.29, 1.82) is 0 Å². The number of carbonyl (C=O) groups is 2. The van der Waals surface area contributed by atoms with E-state index in [4.69, 9.17) is 5.11 Å². The SMILES string of the molecule is Cc1cc(NC(=O)NCc2cnn(C)c2C)c(C(=O)O)[nH]1. The number of H-pyrrole nitrogens is 1. The topological polar surface area (TPSA) is 112 Å². The molecule has 0 aliphatic heterocycles. The van der Waals surface area contributed by atoms with Gasteiger partial charge in [0.25, 0.3) is 0 Å². The van der Waals surface area contributed by atoms with Gasteiger partial charge >= 0.3 is 12.0 Å². The second kappa shape index (κ2) is 5.70. The number of anilines is 1. The lowest BCUT2D eigenvalue weighted by atomic mass is 10.2. The maximum absolute atomic E-state index is 11.8. The Kier molecular flexibility index (Phi) is 3.97. The van der Waals surface area contributed by atoms with Gasteiger partial charge in [-0.2, -0.15) is 5.10 Å². The number of carboxylic acid groups (broad SMARTS) is 1. The largest absolute Gasteiger partial charge is 0.477 e. The lowest BCUT2D eigenvalue weighted by molar-refractivity contribution is 0.0692. The van der Waals surface area contributed by atoms with Crippen LogP contribution in [0.15, 0.2) is 12.3 Å². The highest BCUT2D eigenvalue weighted by Gasteiger charge is 2.15. The highest BCUT2D eigenvalue weighted by Crippen LogP contribution is 2.16. The van der Waals surface area contributed by atoms with Crippen LogP contribution in [0, 0.1) is 13.8 Å². The Morgan fingerprint density at radius 3 is 2.71 bits per heavy atom. The van der Waals surface area contributed by atoms with Crippen molar-refractivity contribution >= 4 is 17.7 Å². The summed E-state index contributed by atoms with van der Waals surface area (Å²) in [5, 5.41) is 18.3. The summed E-state index contributed by atoms with van der Waals surface area (Å²) in [5.74, 6) is -1.12. The van der Waals surface area contributed by atoms with Crippen LogP contribution < -0.4 is 10.6 Å². The molecule has 0 unspecified atom stereocenters. The van der Waals surface area contributed by atoms with Crippen molar-refractivity contribution in [1.82, 2.24) is 20.1 Å². The van der Waals surface area contributed by atoms with Crippen LogP contribution in [0.3, 0.4) is 0 Å². The van der Waals surface area contributed by atoms with E-state index < -0.39 is 12.0 Å². The summed E-state index contributed by atoms with van der Waals surface area (Å²) in [4.78, 5) is 25.5. The number of hydrogen-bond acceptors (Lipinski definition) is 3. The summed E-state index contributed by atoms with van der Waals surface area (Å²) in [6.45, 7) is 3.94. The number of urea groups is 1. The highest BCUT2D eigenvalue weighted by atomic mass is 16.4. The maximum atomic E-state index is 11.8. The average Bonchev–Trinajstić information content (AvgIpc) is 2.92. The van der Waals surface area contributed by atoms with E-state index >= 15 is 0 Å². The maximum Gasteiger partial charge on any atom is 0.354 e. The molecule has 2 amide bonds. The zero-order chi connectivity index (χ0) is 15.6. The molecule has 0 saturated heterocycles. The van der Waals surface area contributed by atoms with Gasteiger partial charge in [-0.3, -0.25) is 4.68 Å². The number of aromatic amines is 1. The van der Waals surface area contributed by atoms with E-state index in [1.165, 1.54) is 0 Å². The molecule has 8 heteroatoms. The highest BCUT2D eigenvalue weighted by molar-refractivity contribution is 5.99. The number of rotatable bonds is 4. The predicted octanol–water partition coefficient (Wildman–Crippen LogP) is 1.38. The molecule has 0 radical (unpaired) electrons. The van der Waals surface area contributed by atoms with E-state index in [-0.39, 0.29) is 11.4 Å². The van der Waals surface area contributed by atoms with Crippen molar-refractivity contribution in [3.8, 4) is 0 Å². The fourth-order valence-electron chi connectivity index (χ4n) is 1.92. The molecule has 0 bridgehead atoms. The fraction of sp³-hybridized carbons (Fsp3) is 0.308. The summed E-state index contributed by atoms with van der Waals surface area (Å²) in [6, 6.07) is 1.10. The van der Waals surface area contributed by atoms with Gasteiger partial charge < -0.3 is 20.7 Å². The Labute approximate surface area is 121 Å². The average molecular weight is 291 g/mol. The first-order valence-corrected chi connectivity index (χ1v) is 6.33. The molecular weight excluding hydrogens is 274 g/mol. The number of aromatic carboxylic acids is 1. The van der Waals surface area contributed by atoms with Gasteiger partial charge in [-0.15, -0.1) is 0 Å². The van der Waals surface area contributed by atoms with Crippen molar-refractivity contribution in [2.45, 2.75) is 20.4 Å². The van der Waals surface area contributed by atoms with Crippen molar-refractivity contribution in [3.63, 3.8) is 0 Å². The van der Waals surface area contributed by atoms with Gasteiger partial charge in [-0.05, 0) is 19.9 Å². The van der Waals surface area contributed by atoms with Gasteiger partial charge in [0.1, 0.15) is 5.69 Å². The summed E-state index contributed by atoms with van der Waals surface area (Å²) < 4.78 is 1.72. The summed E-state index contributed by atoms with van der Waals surface area (Å²) in [7, 11) is 1.82. The third-order valence-electron chi connectivity index (χ3n) is 3.19. The molecular formula is C13H17N5O3. The zero-order valence-corrected chi connectivity index (χ0v) is 12.0. The van der Waals surface area contributed by atoms with Crippen LogP contribution in [-0.2, 0) is 13.6 Å². The molecule has 8 nitrogen and oxygen atoms in total. The Hall–Kier alpha value is -2.77. The number of aryl methyl sites for hydroxylation is 2. The minimum absolute atomic E-state index is 0.0415. The van der Waals surface area contributed by atoms with E-state index in [1.54, 1.807) is 23.9 Å². The number of hydrogen-bond donors (Lipinski definition) is 4. The zero-order valence-electron chi connectivity index (χ0n) is 12.0. The molecule has 0 saturated carbocycles. The van der Waals surface area contributed by atoms with E-state index in [0.717, 1.165) is 11.3 Å². The van der Waals surface area contributed by atoms with E-state index in [2.05, 4.69) is 20.7 Å². The lowest BCUT2D eigenvalue weighted by Gasteiger charge is -2.07. The molecule has 0 aliphatic carbocycles. The number of aromatic nitrogens is 3. The van der Waals surface area contributed by atoms with Crippen LogP contribution in [0.2, 0.25) is 0 Å². The Morgan fingerprint density at radius 2 is 2.14 bits per heavy atom. The first kappa shape index (κ1) is 14.6.